The summed E-state index contributed by atoms with van der Waals surface area (Å²) in [5.41, 5.74) is 0. The smallest absolute Gasteiger partial charge is 0.108 e. The second-order valence-corrected chi connectivity index (χ2v) is 4.59. The van der Waals surface area contributed by atoms with Crippen molar-refractivity contribution in [3.05, 3.63) is 0 Å². The van der Waals surface area contributed by atoms with Crippen LogP contribution in [0, 0.1) is 17.2 Å². The Kier molecular flexibility index (Phi) is 5.07. The van der Waals surface area contributed by atoms with Crippen molar-refractivity contribution in [3.63, 3.8) is 0 Å². The zero-order chi connectivity index (χ0) is 11.3. The summed E-state index contributed by atoms with van der Waals surface area (Å²) in [6, 6.07) is 2.94. The Balaban J connectivity index is 2.45. The van der Waals surface area contributed by atoms with Gasteiger partial charge in [0, 0.05) is 12.6 Å². The number of nitrogens with zero attached hydrogens (tertiary/aromatic N) is 2. The molecule has 0 radical (unpaired) electrons. The Morgan fingerprint density at radius 1 is 1.53 bits per heavy atom. The Morgan fingerprint density at radius 2 is 2.27 bits per heavy atom. The van der Waals surface area contributed by atoms with Crippen LogP contribution in [0.2, 0.25) is 0 Å². The molecule has 1 heterocycles. The molecule has 3 unspecified atom stereocenters. The third-order valence-corrected chi connectivity index (χ3v) is 3.53. The molecule has 0 aliphatic carbocycles. The Morgan fingerprint density at radius 3 is 2.87 bits per heavy atom. The lowest BCUT2D eigenvalue weighted by atomic mass is 9.92. The second-order valence-electron chi connectivity index (χ2n) is 4.59. The van der Waals surface area contributed by atoms with Crippen molar-refractivity contribution < 1.29 is 0 Å². The maximum atomic E-state index is 9.00. The van der Waals surface area contributed by atoms with Gasteiger partial charge in [-0.15, -0.1) is 0 Å². The van der Waals surface area contributed by atoms with Crippen LogP contribution in [0.5, 0.6) is 0 Å². The van der Waals surface area contributed by atoms with Crippen molar-refractivity contribution >= 4 is 0 Å². The van der Waals surface area contributed by atoms with E-state index >= 15 is 0 Å². The van der Waals surface area contributed by atoms with Gasteiger partial charge in [-0.1, -0.05) is 13.8 Å². The lowest BCUT2D eigenvalue weighted by molar-refractivity contribution is 0.108. The molecule has 1 rings (SSSR count). The fourth-order valence-corrected chi connectivity index (χ4v) is 2.31. The van der Waals surface area contributed by atoms with Crippen LogP contribution in [0.1, 0.15) is 33.6 Å². The monoisotopic (exact) mass is 209 g/mol. The highest BCUT2D eigenvalue weighted by atomic mass is 15.2. The second kappa shape index (κ2) is 6.09. The number of nitriles is 1. The fourth-order valence-electron chi connectivity index (χ4n) is 2.31. The molecule has 1 N–H and O–H groups in total. The molecule has 15 heavy (non-hydrogen) atoms. The van der Waals surface area contributed by atoms with E-state index in [1.165, 1.54) is 12.8 Å². The molecule has 1 aliphatic heterocycles. The van der Waals surface area contributed by atoms with Crippen LogP contribution in [0.4, 0.5) is 0 Å². The summed E-state index contributed by atoms with van der Waals surface area (Å²) in [6.07, 6.45) is 2.60. The Labute approximate surface area is 93.5 Å². The van der Waals surface area contributed by atoms with E-state index in [-0.39, 0.29) is 6.04 Å². The minimum Gasteiger partial charge on any atom is -0.301 e. The average molecular weight is 209 g/mol. The van der Waals surface area contributed by atoms with Gasteiger partial charge in [-0.05, 0) is 38.8 Å². The van der Waals surface area contributed by atoms with Crippen molar-refractivity contribution in [1.29, 1.82) is 5.26 Å². The molecule has 0 aromatic carbocycles. The van der Waals surface area contributed by atoms with Crippen molar-refractivity contribution in [2.75, 3.05) is 19.6 Å². The molecule has 0 bridgehead atoms. The van der Waals surface area contributed by atoms with Gasteiger partial charge in [0.05, 0.1) is 6.07 Å². The van der Waals surface area contributed by atoms with Crippen LogP contribution in [-0.4, -0.2) is 36.6 Å². The summed E-state index contributed by atoms with van der Waals surface area (Å²) >= 11 is 0. The first-order valence-corrected chi connectivity index (χ1v) is 6.06. The van der Waals surface area contributed by atoms with Gasteiger partial charge in [-0.25, -0.2) is 0 Å². The molecule has 0 saturated carbocycles. The van der Waals surface area contributed by atoms with Crippen molar-refractivity contribution in [1.82, 2.24) is 10.2 Å². The van der Waals surface area contributed by atoms with E-state index in [2.05, 4.69) is 30.1 Å². The third-order valence-electron chi connectivity index (χ3n) is 3.53. The van der Waals surface area contributed by atoms with E-state index in [1.54, 1.807) is 0 Å². The Bertz CT molecular complexity index is 221. The molecule has 3 atom stereocenters. The maximum Gasteiger partial charge on any atom is 0.108 e. The zero-order valence-electron chi connectivity index (χ0n) is 10.2. The molecule has 0 amide bonds. The van der Waals surface area contributed by atoms with Crippen LogP contribution in [-0.2, 0) is 0 Å². The summed E-state index contributed by atoms with van der Waals surface area (Å²) < 4.78 is 0. The van der Waals surface area contributed by atoms with E-state index < -0.39 is 0 Å². The van der Waals surface area contributed by atoms with Gasteiger partial charge in [-0.3, -0.25) is 4.90 Å². The number of nitrogens with one attached hydrogen (secondary N) is 1. The number of piperidine rings is 1. The van der Waals surface area contributed by atoms with Gasteiger partial charge in [0.1, 0.15) is 6.04 Å². The van der Waals surface area contributed by atoms with Gasteiger partial charge in [-0.2, -0.15) is 5.26 Å². The first kappa shape index (κ1) is 12.5. The van der Waals surface area contributed by atoms with Crippen molar-refractivity contribution in [3.8, 4) is 6.07 Å². The van der Waals surface area contributed by atoms with Gasteiger partial charge in [0.25, 0.3) is 0 Å². The molecule has 0 spiro atoms. The van der Waals surface area contributed by atoms with E-state index in [0.717, 1.165) is 25.6 Å². The highest BCUT2D eigenvalue weighted by Gasteiger charge is 2.26. The van der Waals surface area contributed by atoms with Gasteiger partial charge >= 0.3 is 0 Å². The molecular formula is C12H23N3. The average Bonchev–Trinajstić information content (AvgIpc) is 2.24. The highest BCUT2D eigenvalue weighted by Crippen LogP contribution is 2.22. The number of hydrogen-bond donors (Lipinski definition) is 1. The quantitative estimate of drug-likeness (QED) is 0.764. The maximum absolute atomic E-state index is 9.00. The predicted octanol–water partition coefficient (Wildman–Crippen LogP) is 1.61. The first-order chi connectivity index (χ1) is 7.19. The molecule has 0 aromatic rings. The minimum atomic E-state index is -0.0113. The molecular weight excluding hydrogens is 186 g/mol. The molecule has 1 fully saturated rings. The molecule has 86 valence electrons. The zero-order valence-corrected chi connectivity index (χ0v) is 10.2. The summed E-state index contributed by atoms with van der Waals surface area (Å²) in [7, 11) is 0. The van der Waals surface area contributed by atoms with Gasteiger partial charge in [0.2, 0.25) is 0 Å². The van der Waals surface area contributed by atoms with Gasteiger partial charge in [0.15, 0.2) is 0 Å². The van der Waals surface area contributed by atoms with Crippen molar-refractivity contribution in [2.45, 2.75) is 45.7 Å². The highest BCUT2D eigenvalue weighted by molar-refractivity contribution is 4.93. The molecule has 3 heteroatoms. The van der Waals surface area contributed by atoms with Crippen LogP contribution < -0.4 is 5.32 Å². The topological polar surface area (TPSA) is 39.1 Å². The fraction of sp³-hybridized carbons (Fsp3) is 0.917. The Hall–Kier alpha value is -0.590. The largest absolute Gasteiger partial charge is 0.301 e. The third kappa shape index (κ3) is 3.48. The standard InChI is InChI=1S/C12H23N3/c1-4-14-12(8-13)9-15-7-5-6-10(2)11(15)3/h10-12,14H,4-7,9H2,1-3H3. The number of hydrogen-bond acceptors (Lipinski definition) is 3. The number of likely N-dealkylation sites (N-methyl/N-ethyl adjacent to an activating group) is 1. The summed E-state index contributed by atoms with van der Waals surface area (Å²) in [6.45, 7) is 9.53. The van der Waals surface area contributed by atoms with Crippen LogP contribution in [0.3, 0.4) is 0 Å². The number of likely N-dealkylation sites (tertiary alicyclic amines) is 1. The molecule has 1 saturated heterocycles. The van der Waals surface area contributed by atoms with Crippen LogP contribution >= 0.6 is 0 Å². The molecule has 3 nitrogen and oxygen atoms in total. The summed E-state index contributed by atoms with van der Waals surface area (Å²) in [5, 5.41) is 12.2. The minimum absolute atomic E-state index is 0.0113. The molecule has 0 aromatic heterocycles. The predicted molar refractivity (Wildman–Crippen MR) is 62.5 cm³/mol. The number of rotatable bonds is 4. The summed E-state index contributed by atoms with van der Waals surface area (Å²) in [4.78, 5) is 2.45. The van der Waals surface area contributed by atoms with Gasteiger partial charge < -0.3 is 5.32 Å². The first-order valence-electron chi connectivity index (χ1n) is 6.06. The van der Waals surface area contributed by atoms with Crippen molar-refractivity contribution in [2.24, 2.45) is 5.92 Å². The lowest BCUT2D eigenvalue weighted by Crippen LogP contribution is -2.48. The van der Waals surface area contributed by atoms with E-state index in [0.29, 0.717) is 6.04 Å². The van der Waals surface area contributed by atoms with Crippen LogP contribution in [0.15, 0.2) is 0 Å². The summed E-state index contributed by atoms with van der Waals surface area (Å²) in [5.74, 6) is 0.764. The SMILES string of the molecule is CCNC(C#N)CN1CCCC(C)C1C. The lowest BCUT2D eigenvalue weighted by Gasteiger charge is -2.38. The normalized spacial score (nSPS) is 29.7. The van der Waals surface area contributed by atoms with Crippen LogP contribution in [0.25, 0.3) is 0 Å². The molecule has 1 aliphatic rings. The van der Waals surface area contributed by atoms with E-state index in [4.69, 9.17) is 5.26 Å². The van der Waals surface area contributed by atoms with E-state index in [1.807, 2.05) is 6.92 Å². The van der Waals surface area contributed by atoms with E-state index in [9.17, 15) is 0 Å².